The van der Waals surface area contributed by atoms with Gasteiger partial charge in [0.25, 0.3) is 0 Å². The number of benzene rings is 1. The molecule has 22 heavy (non-hydrogen) atoms. The first-order valence-electron chi connectivity index (χ1n) is 7.15. The summed E-state index contributed by atoms with van der Waals surface area (Å²) >= 11 is 0. The maximum atomic E-state index is 13.0. The number of carbonyl (C=O) groups excluding carboxylic acids is 1. The lowest BCUT2D eigenvalue weighted by molar-refractivity contribution is -0.126. The van der Waals surface area contributed by atoms with Gasteiger partial charge in [0.15, 0.2) is 5.76 Å². The number of aromatic nitrogens is 1. The molecule has 0 fully saturated rings. The van der Waals surface area contributed by atoms with Crippen molar-refractivity contribution in [3.63, 3.8) is 0 Å². The number of amides is 1. The first-order chi connectivity index (χ1) is 10.5. The van der Waals surface area contributed by atoms with Crippen LogP contribution in [0.15, 0.2) is 34.9 Å². The lowest BCUT2D eigenvalue weighted by Crippen LogP contribution is -2.36. The van der Waals surface area contributed by atoms with Crippen molar-refractivity contribution in [1.82, 2.24) is 15.4 Å². The molecule has 1 aromatic carbocycles. The molecule has 2 aromatic rings. The van der Waals surface area contributed by atoms with Gasteiger partial charge < -0.3 is 9.84 Å². The summed E-state index contributed by atoms with van der Waals surface area (Å²) in [6.07, 6.45) is 0.785. The van der Waals surface area contributed by atoms with E-state index in [1.54, 1.807) is 31.1 Å². The largest absolute Gasteiger partial charge is 0.359 e. The van der Waals surface area contributed by atoms with Crippen LogP contribution < -0.4 is 5.32 Å². The van der Waals surface area contributed by atoms with Crippen molar-refractivity contribution in [2.45, 2.75) is 25.9 Å². The molecule has 1 heterocycles. The van der Waals surface area contributed by atoms with Crippen LogP contribution in [0.2, 0.25) is 0 Å². The van der Waals surface area contributed by atoms with Crippen molar-refractivity contribution in [2.24, 2.45) is 0 Å². The highest BCUT2D eigenvalue weighted by Crippen LogP contribution is 2.19. The van der Waals surface area contributed by atoms with Crippen LogP contribution in [0, 0.1) is 5.82 Å². The number of carbonyl (C=O) groups is 1. The maximum Gasteiger partial charge on any atom is 0.242 e. The fourth-order valence-corrected chi connectivity index (χ4v) is 2.21. The van der Waals surface area contributed by atoms with Gasteiger partial charge >= 0.3 is 0 Å². The topological polar surface area (TPSA) is 58.4 Å². The highest BCUT2D eigenvalue weighted by molar-refractivity contribution is 5.83. The molecular weight excluding hydrogens is 285 g/mol. The summed E-state index contributed by atoms with van der Waals surface area (Å²) in [7, 11) is 3.61. The van der Waals surface area contributed by atoms with Gasteiger partial charge in [-0.2, -0.15) is 0 Å². The van der Waals surface area contributed by atoms with E-state index in [-0.39, 0.29) is 18.3 Å². The summed E-state index contributed by atoms with van der Waals surface area (Å²) in [6.45, 7) is 2.26. The molecular formula is C16H20FN3O2. The van der Waals surface area contributed by atoms with Crippen molar-refractivity contribution < 1.29 is 13.7 Å². The Balaban J connectivity index is 2.05. The van der Waals surface area contributed by atoms with E-state index in [2.05, 4.69) is 10.5 Å². The van der Waals surface area contributed by atoms with Gasteiger partial charge in [-0.3, -0.25) is 9.69 Å². The maximum absolute atomic E-state index is 13.0. The Morgan fingerprint density at radius 2 is 2.05 bits per heavy atom. The molecule has 6 heteroatoms. The zero-order chi connectivity index (χ0) is 16.1. The van der Waals surface area contributed by atoms with Gasteiger partial charge in [0.1, 0.15) is 11.9 Å². The molecule has 0 bridgehead atoms. The van der Waals surface area contributed by atoms with Crippen LogP contribution in [0.1, 0.15) is 30.0 Å². The number of rotatable bonds is 6. The lowest BCUT2D eigenvalue weighted by Gasteiger charge is -2.23. The van der Waals surface area contributed by atoms with E-state index in [9.17, 15) is 9.18 Å². The minimum atomic E-state index is -0.492. The fourth-order valence-electron chi connectivity index (χ4n) is 2.21. The van der Waals surface area contributed by atoms with E-state index in [4.69, 9.17) is 4.52 Å². The Kier molecular flexibility index (Phi) is 5.27. The Hall–Kier alpha value is -2.21. The van der Waals surface area contributed by atoms with Gasteiger partial charge in [-0.05, 0) is 38.2 Å². The quantitative estimate of drug-likeness (QED) is 0.889. The zero-order valence-corrected chi connectivity index (χ0v) is 13.0. The van der Waals surface area contributed by atoms with Gasteiger partial charge in [-0.1, -0.05) is 24.2 Å². The monoisotopic (exact) mass is 305 g/mol. The second-order valence-electron chi connectivity index (χ2n) is 5.27. The number of likely N-dealkylation sites (N-methyl/N-ethyl adjacent to an activating group) is 1. The smallest absolute Gasteiger partial charge is 0.242 e. The van der Waals surface area contributed by atoms with Crippen LogP contribution in [0.3, 0.4) is 0 Å². The molecule has 118 valence electrons. The van der Waals surface area contributed by atoms with E-state index >= 15 is 0 Å². The molecule has 0 spiro atoms. The number of hydrogen-bond donors (Lipinski definition) is 1. The van der Waals surface area contributed by atoms with Crippen LogP contribution in [0.5, 0.6) is 0 Å². The van der Waals surface area contributed by atoms with Crippen LogP contribution in [-0.2, 0) is 17.8 Å². The van der Waals surface area contributed by atoms with Gasteiger partial charge in [0.2, 0.25) is 5.91 Å². The Morgan fingerprint density at radius 3 is 2.59 bits per heavy atom. The predicted octanol–water partition coefficient (Wildman–Crippen LogP) is 2.30. The van der Waals surface area contributed by atoms with Crippen LogP contribution in [0.4, 0.5) is 4.39 Å². The van der Waals surface area contributed by atoms with Crippen LogP contribution in [0.25, 0.3) is 0 Å². The molecule has 0 aliphatic carbocycles. The average Bonchev–Trinajstić information content (AvgIpc) is 2.95. The third-order valence-electron chi connectivity index (χ3n) is 3.36. The number of aryl methyl sites for hydroxylation is 1. The molecule has 0 radical (unpaired) electrons. The highest BCUT2D eigenvalue weighted by Gasteiger charge is 2.23. The van der Waals surface area contributed by atoms with Crippen LogP contribution >= 0.6 is 0 Å². The third kappa shape index (κ3) is 3.92. The number of nitrogens with zero attached hydrogens (tertiary/aromatic N) is 2. The molecule has 2 rings (SSSR count). The van der Waals surface area contributed by atoms with E-state index < -0.39 is 6.04 Å². The summed E-state index contributed by atoms with van der Waals surface area (Å²) < 4.78 is 18.2. The molecule has 5 nitrogen and oxygen atoms in total. The summed E-state index contributed by atoms with van der Waals surface area (Å²) in [5, 5.41) is 6.70. The van der Waals surface area contributed by atoms with E-state index in [1.165, 1.54) is 12.1 Å². The van der Waals surface area contributed by atoms with Crippen molar-refractivity contribution in [3.8, 4) is 0 Å². The highest BCUT2D eigenvalue weighted by atomic mass is 19.1. The van der Waals surface area contributed by atoms with Gasteiger partial charge in [-0.25, -0.2) is 4.39 Å². The molecule has 1 aromatic heterocycles. The Bertz CT molecular complexity index is 623. The second kappa shape index (κ2) is 7.17. The molecule has 1 amide bonds. The van der Waals surface area contributed by atoms with Gasteiger partial charge in [0.05, 0.1) is 12.2 Å². The van der Waals surface area contributed by atoms with Gasteiger partial charge in [0, 0.05) is 6.07 Å². The summed E-state index contributed by atoms with van der Waals surface area (Å²) in [5.41, 5.74) is 1.59. The SMILES string of the molecule is CCc1cc(CNC(=O)C(c2ccc(F)cc2)N(C)C)on1. The third-order valence-corrected chi connectivity index (χ3v) is 3.36. The number of halogens is 1. The number of hydrogen-bond acceptors (Lipinski definition) is 4. The summed E-state index contributed by atoms with van der Waals surface area (Å²) in [5.74, 6) is 0.114. The zero-order valence-electron chi connectivity index (χ0n) is 13.0. The second-order valence-corrected chi connectivity index (χ2v) is 5.27. The molecule has 0 aliphatic rings. The lowest BCUT2D eigenvalue weighted by atomic mass is 10.1. The molecule has 0 aliphatic heterocycles. The standard InChI is InChI=1S/C16H20FN3O2/c1-4-13-9-14(22-19-13)10-18-16(21)15(20(2)3)11-5-7-12(17)8-6-11/h5-9,15H,4,10H2,1-3H3,(H,18,21). The minimum Gasteiger partial charge on any atom is -0.359 e. The molecule has 1 atom stereocenters. The van der Waals surface area contributed by atoms with Crippen molar-refractivity contribution in [1.29, 1.82) is 0 Å². The van der Waals surface area contributed by atoms with E-state index in [0.717, 1.165) is 17.7 Å². The normalized spacial score (nSPS) is 12.4. The van der Waals surface area contributed by atoms with Crippen LogP contribution in [-0.4, -0.2) is 30.1 Å². The Labute approximate surface area is 129 Å². The molecule has 0 saturated heterocycles. The minimum absolute atomic E-state index is 0.175. The van der Waals surface area contributed by atoms with E-state index in [0.29, 0.717) is 5.76 Å². The van der Waals surface area contributed by atoms with Gasteiger partial charge in [-0.15, -0.1) is 0 Å². The molecule has 1 unspecified atom stereocenters. The van der Waals surface area contributed by atoms with Crippen molar-refractivity contribution >= 4 is 5.91 Å². The van der Waals surface area contributed by atoms with E-state index in [1.807, 2.05) is 13.0 Å². The first kappa shape index (κ1) is 16.2. The fraction of sp³-hybridized carbons (Fsp3) is 0.375. The molecule has 1 N–H and O–H groups in total. The van der Waals surface area contributed by atoms with Crippen molar-refractivity contribution in [3.05, 3.63) is 53.2 Å². The number of nitrogens with one attached hydrogen (secondary N) is 1. The predicted molar refractivity (Wildman–Crippen MR) is 80.6 cm³/mol. The Morgan fingerprint density at radius 1 is 1.36 bits per heavy atom. The first-order valence-corrected chi connectivity index (χ1v) is 7.15. The van der Waals surface area contributed by atoms with Crippen molar-refractivity contribution in [2.75, 3.05) is 14.1 Å². The average molecular weight is 305 g/mol. The summed E-state index contributed by atoms with van der Waals surface area (Å²) in [4.78, 5) is 14.2. The molecule has 0 saturated carbocycles. The summed E-state index contributed by atoms with van der Waals surface area (Å²) in [6, 6.07) is 7.26.